The Balaban J connectivity index is 1.84. The summed E-state index contributed by atoms with van der Waals surface area (Å²) in [6, 6.07) is 14.9. The number of aromatic nitrogens is 2. The SMILES string of the molecule is COc1cccc2c1nc(N)n2C1Cc2ccccc2C1. The normalized spacial score (nSPS) is 14.5. The minimum Gasteiger partial charge on any atom is -0.494 e. The number of benzene rings is 2. The molecule has 3 aromatic rings. The molecule has 0 fully saturated rings. The van der Waals surface area contributed by atoms with Crippen molar-refractivity contribution in [3.63, 3.8) is 0 Å². The molecule has 4 heteroatoms. The van der Waals surface area contributed by atoms with Gasteiger partial charge in [0.15, 0.2) is 0 Å². The second-order valence-corrected chi connectivity index (χ2v) is 5.50. The van der Waals surface area contributed by atoms with E-state index in [0.717, 1.165) is 29.6 Å². The van der Waals surface area contributed by atoms with Gasteiger partial charge in [-0.1, -0.05) is 30.3 Å². The summed E-state index contributed by atoms with van der Waals surface area (Å²) in [5.41, 5.74) is 10.9. The molecule has 0 amide bonds. The quantitative estimate of drug-likeness (QED) is 0.784. The first-order valence-corrected chi connectivity index (χ1v) is 7.15. The number of ether oxygens (including phenoxy) is 1. The Labute approximate surface area is 123 Å². The van der Waals surface area contributed by atoms with E-state index in [2.05, 4.69) is 39.9 Å². The van der Waals surface area contributed by atoms with E-state index in [4.69, 9.17) is 10.5 Å². The minimum atomic E-state index is 0.333. The molecule has 106 valence electrons. The molecule has 0 aliphatic heterocycles. The zero-order valence-electron chi connectivity index (χ0n) is 11.9. The van der Waals surface area contributed by atoms with Gasteiger partial charge in [0, 0.05) is 6.04 Å². The molecule has 4 nitrogen and oxygen atoms in total. The van der Waals surface area contributed by atoms with Crippen molar-refractivity contribution < 1.29 is 4.74 Å². The predicted octanol–water partition coefficient (Wildman–Crippen LogP) is 2.97. The molecule has 0 saturated carbocycles. The van der Waals surface area contributed by atoms with Crippen LogP contribution in [0.4, 0.5) is 5.95 Å². The number of hydrogen-bond donors (Lipinski definition) is 1. The molecule has 21 heavy (non-hydrogen) atoms. The van der Waals surface area contributed by atoms with Crippen LogP contribution in [0.1, 0.15) is 17.2 Å². The van der Waals surface area contributed by atoms with Crippen molar-refractivity contribution >= 4 is 17.0 Å². The number of hydrogen-bond acceptors (Lipinski definition) is 3. The number of para-hydroxylation sites is 1. The molecule has 1 aliphatic rings. The van der Waals surface area contributed by atoms with Crippen molar-refractivity contribution in [1.29, 1.82) is 0 Å². The number of anilines is 1. The Kier molecular flexibility index (Phi) is 2.64. The van der Waals surface area contributed by atoms with E-state index in [1.54, 1.807) is 7.11 Å². The average molecular weight is 279 g/mol. The van der Waals surface area contributed by atoms with Crippen LogP contribution in [0.3, 0.4) is 0 Å². The molecule has 1 aliphatic carbocycles. The third kappa shape index (κ3) is 1.79. The van der Waals surface area contributed by atoms with Crippen molar-refractivity contribution in [2.45, 2.75) is 18.9 Å². The van der Waals surface area contributed by atoms with Gasteiger partial charge in [-0.05, 0) is 36.1 Å². The molecule has 0 unspecified atom stereocenters. The number of imidazole rings is 1. The Morgan fingerprint density at radius 1 is 1.10 bits per heavy atom. The third-order valence-electron chi connectivity index (χ3n) is 4.32. The van der Waals surface area contributed by atoms with Crippen molar-refractivity contribution in [2.75, 3.05) is 12.8 Å². The van der Waals surface area contributed by atoms with Gasteiger partial charge in [-0.3, -0.25) is 0 Å². The zero-order chi connectivity index (χ0) is 14.4. The van der Waals surface area contributed by atoms with E-state index in [1.807, 2.05) is 12.1 Å². The molecule has 4 rings (SSSR count). The van der Waals surface area contributed by atoms with E-state index in [0.29, 0.717) is 12.0 Å². The molecule has 2 aromatic carbocycles. The summed E-state index contributed by atoms with van der Waals surface area (Å²) >= 11 is 0. The number of nitrogens with two attached hydrogens (primary N) is 1. The Morgan fingerprint density at radius 2 is 1.81 bits per heavy atom. The Bertz CT molecular complexity index is 797. The summed E-state index contributed by atoms with van der Waals surface area (Å²) < 4.78 is 7.54. The highest BCUT2D eigenvalue weighted by Crippen LogP contribution is 2.36. The molecule has 1 aromatic heterocycles. The molecule has 0 spiro atoms. The Hall–Kier alpha value is -2.49. The molecule has 0 atom stereocenters. The standard InChI is InChI=1S/C17H17N3O/c1-21-15-8-4-7-14-16(15)19-17(18)20(14)13-9-11-5-2-3-6-12(11)10-13/h2-8,13H,9-10H2,1H3,(H2,18,19). The second-order valence-electron chi connectivity index (χ2n) is 5.50. The highest BCUT2D eigenvalue weighted by molar-refractivity contribution is 5.84. The number of rotatable bonds is 2. The Morgan fingerprint density at radius 3 is 2.48 bits per heavy atom. The van der Waals surface area contributed by atoms with Crippen LogP contribution in [0, 0.1) is 0 Å². The van der Waals surface area contributed by atoms with Crippen molar-refractivity contribution in [2.24, 2.45) is 0 Å². The van der Waals surface area contributed by atoms with Gasteiger partial charge in [-0.2, -0.15) is 0 Å². The van der Waals surface area contributed by atoms with Gasteiger partial charge in [0.25, 0.3) is 0 Å². The van der Waals surface area contributed by atoms with E-state index >= 15 is 0 Å². The first kappa shape index (κ1) is 12.3. The maximum Gasteiger partial charge on any atom is 0.201 e. The monoisotopic (exact) mass is 279 g/mol. The fourth-order valence-corrected chi connectivity index (χ4v) is 3.38. The van der Waals surface area contributed by atoms with Gasteiger partial charge in [0.1, 0.15) is 11.3 Å². The smallest absolute Gasteiger partial charge is 0.201 e. The molecule has 2 N–H and O–H groups in total. The fraction of sp³-hybridized carbons (Fsp3) is 0.235. The zero-order valence-corrected chi connectivity index (χ0v) is 11.9. The van der Waals surface area contributed by atoms with Crippen molar-refractivity contribution in [3.05, 3.63) is 53.6 Å². The fourth-order valence-electron chi connectivity index (χ4n) is 3.38. The van der Waals surface area contributed by atoms with Gasteiger partial charge >= 0.3 is 0 Å². The first-order chi connectivity index (χ1) is 10.3. The summed E-state index contributed by atoms with van der Waals surface area (Å²) in [6.45, 7) is 0. The van der Waals surface area contributed by atoms with Crippen LogP contribution in [0.25, 0.3) is 11.0 Å². The average Bonchev–Trinajstić information content (AvgIpc) is 3.05. The van der Waals surface area contributed by atoms with Crippen LogP contribution >= 0.6 is 0 Å². The van der Waals surface area contributed by atoms with Crippen LogP contribution in [-0.2, 0) is 12.8 Å². The maximum atomic E-state index is 6.19. The van der Waals surface area contributed by atoms with Crippen molar-refractivity contribution in [1.82, 2.24) is 9.55 Å². The first-order valence-electron chi connectivity index (χ1n) is 7.15. The van der Waals surface area contributed by atoms with Gasteiger partial charge < -0.3 is 15.0 Å². The van der Waals surface area contributed by atoms with Crippen molar-refractivity contribution in [3.8, 4) is 5.75 Å². The van der Waals surface area contributed by atoms with Crippen LogP contribution in [0.2, 0.25) is 0 Å². The van der Waals surface area contributed by atoms with Crippen LogP contribution < -0.4 is 10.5 Å². The molecule has 0 saturated heterocycles. The van der Waals surface area contributed by atoms with Crippen LogP contribution in [0.5, 0.6) is 5.75 Å². The van der Waals surface area contributed by atoms with Crippen LogP contribution in [0.15, 0.2) is 42.5 Å². The highest BCUT2D eigenvalue weighted by Gasteiger charge is 2.26. The molecule has 0 radical (unpaired) electrons. The highest BCUT2D eigenvalue weighted by atomic mass is 16.5. The van der Waals surface area contributed by atoms with Crippen LogP contribution in [-0.4, -0.2) is 16.7 Å². The lowest BCUT2D eigenvalue weighted by Crippen LogP contribution is -2.12. The molecular formula is C17H17N3O. The largest absolute Gasteiger partial charge is 0.494 e. The lowest BCUT2D eigenvalue weighted by Gasteiger charge is -2.14. The molecular weight excluding hydrogens is 262 g/mol. The molecule has 1 heterocycles. The summed E-state index contributed by atoms with van der Waals surface area (Å²) in [5, 5.41) is 0. The molecule has 0 bridgehead atoms. The number of nitrogens with zero attached hydrogens (tertiary/aromatic N) is 2. The van der Waals surface area contributed by atoms with E-state index in [1.165, 1.54) is 11.1 Å². The van der Waals surface area contributed by atoms with E-state index < -0.39 is 0 Å². The summed E-state index contributed by atoms with van der Waals surface area (Å²) in [5.74, 6) is 1.33. The summed E-state index contributed by atoms with van der Waals surface area (Å²) in [7, 11) is 1.66. The van der Waals surface area contributed by atoms with Gasteiger partial charge in [-0.15, -0.1) is 0 Å². The number of methoxy groups -OCH3 is 1. The van der Waals surface area contributed by atoms with Gasteiger partial charge in [0.05, 0.1) is 12.6 Å². The summed E-state index contributed by atoms with van der Waals surface area (Å²) in [6.07, 6.45) is 2.01. The topological polar surface area (TPSA) is 53.1 Å². The third-order valence-corrected chi connectivity index (χ3v) is 4.32. The van der Waals surface area contributed by atoms with E-state index in [-0.39, 0.29) is 0 Å². The minimum absolute atomic E-state index is 0.333. The van der Waals surface area contributed by atoms with Gasteiger partial charge in [0.2, 0.25) is 5.95 Å². The lowest BCUT2D eigenvalue weighted by molar-refractivity contribution is 0.419. The van der Waals surface area contributed by atoms with E-state index in [9.17, 15) is 0 Å². The lowest BCUT2D eigenvalue weighted by atomic mass is 10.1. The number of fused-ring (bicyclic) bond motifs is 2. The number of nitrogen functional groups attached to an aromatic ring is 1. The van der Waals surface area contributed by atoms with Gasteiger partial charge in [-0.25, -0.2) is 4.98 Å². The second kappa shape index (κ2) is 4.52. The maximum absolute atomic E-state index is 6.19. The predicted molar refractivity (Wildman–Crippen MR) is 83.6 cm³/mol. The summed E-state index contributed by atoms with van der Waals surface area (Å²) in [4.78, 5) is 4.51.